The zero-order chi connectivity index (χ0) is 8.91. The Labute approximate surface area is 74.3 Å². The van der Waals surface area contributed by atoms with Gasteiger partial charge in [0.25, 0.3) is 0 Å². The highest BCUT2D eigenvalue weighted by atomic mass is 32.9. The lowest BCUT2D eigenvalue weighted by Crippen LogP contribution is -2.00. The van der Waals surface area contributed by atoms with Gasteiger partial charge in [0.15, 0.2) is 0 Å². The Morgan fingerprint density at radius 3 is 2.64 bits per heavy atom. The average Bonchev–Trinajstić information content (AvgIpc) is 1.88. The van der Waals surface area contributed by atoms with Gasteiger partial charge in [-0.25, -0.2) is 0 Å². The van der Waals surface area contributed by atoms with E-state index in [0.29, 0.717) is 5.76 Å². The van der Waals surface area contributed by atoms with Gasteiger partial charge in [-0.3, -0.25) is 0 Å². The number of hydrogen-bond donors (Lipinski definition) is 3. The molecular weight excluding hydrogens is 205 g/mol. The van der Waals surface area contributed by atoms with E-state index in [1.54, 1.807) is 13.0 Å². The number of hydrogen-bond acceptors (Lipinski definition) is 4. The zero-order valence-electron chi connectivity index (χ0n) is 5.93. The third kappa shape index (κ3) is 6.80. The molecule has 0 aromatic carbocycles. The van der Waals surface area contributed by atoms with Gasteiger partial charge in [-0.05, 0) is 24.8 Å². The second-order valence-corrected chi connectivity index (χ2v) is 7.69. The summed E-state index contributed by atoms with van der Waals surface area (Å²) >= 11 is 5.22. The molecule has 0 saturated heterocycles. The number of rotatable bonds is 4. The molecule has 66 valence electrons. The minimum Gasteiger partial charge on any atom is -0.415 e. The van der Waals surface area contributed by atoms with Gasteiger partial charge in [0.1, 0.15) is 5.76 Å². The molecule has 0 aliphatic carbocycles. The molecule has 0 aromatic heterocycles. The number of allylic oxidation sites excluding steroid dienone is 1. The van der Waals surface area contributed by atoms with Crippen LogP contribution in [-0.2, 0) is 16.6 Å². The second kappa shape index (κ2) is 5.13. The van der Waals surface area contributed by atoms with Crippen LogP contribution < -0.4 is 5.90 Å². The lowest BCUT2D eigenvalue weighted by Gasteiger charge is -2.07. The predicted molar refractivity (Wildman–Crippen MR) is 50.2 cm³/mol. The van der Waals surface area contributed by atoms with Crippen molar-refractivity contribution in [3.8, 4) is 0 Å². The first-order valence-electron chi connectivity index (χ1n) is 2.71. The summed E-state index contributed by atoms with van der Waals surface area (Å²) in [6, 6.07) is 0. The maximum absolute atomic E-state index is 8.78. The van der Waals surface area contributed by atoms with Crippen molar-refractivity contribution in [2.24, 2.45) is 5.90 Å². The molecule has 0 heterocycles. The van der Waals surface area contributed by atoms with Crippen LogP contribution in [-0.4, -0.2) is 15.5 Å². The molecule has 0 spiro atoms. The normalized spacial score (nSPS) is 13.3. The Balaban J connectivity index is 3.79. The Kier molecular flexibility index (Phi) is 5.33. The first-order chi connectivity index (χ1) is 4.99. The molecule has 0 atom stereocenters. The van der Waals surface area contributed by atoms with Gasteiger partial charge < -0.3 is 14.6 Å². The first kappa shape index (κ1) is 11.4. The van der Waals surface area contributed by atoms with E-state index in [0.717, 1.165) is 11.4 Å². The van der Waals surface area contributed by atoms with Crippen LogP contribution in [0, 0.1) is 0 Å². The minimum absolute atomic E-state index is 0.289. The number of nitrogens with two attached hydrogens (primary N) is 1. The smallest absolute Gasteiger partial charge is 0.242 e. The molecule has 0 aliphatic rings. The summed E-state index contributed by atoms with van der Waals surface area (Å²) in [5.74, 6) is 5.61. The fourth-order valence-corrected chi connectivity index (χ4v) is 2.22. The summed E-state index contributed by atoms with van der Waals surface area (Å²) in [4.78, 5) is 21.9. The summed E-state index contributed by atoms with van der Waals surface area (Å²) in [5.41, 5.74) is -3.17. The van der Waals surface area contributed by atoms with Crippen LogP contribution in [0.4, 0.5) is 0 Å². The molecule has 0 radical (unpaired) electrons. The van der Waals surface area contributed by atoms with E-state index in [1.807, 2.05) is 0 Å². The van der Waals surface area contributed by atoms with Gasteiger partial charge in [0.05, 0.1) is 5.75 Å². The molecule has 0 saturated carbocycles. The maximum Gasteiger partial charge on any atom is 0.242 e. The Morgan fingerprint density at radius 1 is 1.82 bits per heavy atom. The van der Waals surface area contributed by atoms with Crippen LogP contribution >= 0.6 is 17.1 Å². The molecule has 7 heteroatoms. The average molecular weight is 215 g/mol. The van der Waals surface area contributed by atoms with Crippen molar-refractivity contribution in [3.63, 3.8) is 0 Å². The van der Waals surface area contributed by atoms with Gasteiger partial charge in [-0.2, -0.15) is 5.90 Å². The molecule has 11 heavy (non-hydrogen) atoms. The second-order valence-electron chi connectivity index (χ2n) is 1.64. The van der Waals surface area contributed by atoms with Crippen LogP contribution in [0.15, 0.2) is 11.8 Å². The van der Waals surface area contributed by atoms with Gasteiger partial charge in [-0.1, -0.05) is 11.4 Å². The molecule has 0 bridgehead atoms. The molecule has 0 aromatic rings. The highest BCUT2D eigenvalue weighted by molar-refractivity contribution is 8.67. The lowest BCUT2D eigenvalue weighted by atomic mass is 10.5. The molecule has 0 aliphatic heterocycles. The van der Waals surface area contributed by atoms with Gasteiger partial charge in [0, 0.05) is 0 Å². The quantitative estimate of drug-likeness (QED) is 0.364. The van der Waals surface area contributed by atoms with Crippen LogP contribution in [0.3, 0.4) is 0 Å². The Morgan fingerprint density at radius 2 is 2.36 bits per heavy atom. The summed E-state index contributed by atoms with van der Waals surface area (Å²) in [6.45, 7) is 1.74. The van der Waals surface area contributed by atoms with Crippen LogP contribution in [0.25, 0.3) is 0 Å². The fraction of sp³-hybridized carbons (Fsp3) is 0.500. The summed E-state index contributed by atoms with van der Waals surface area (Å²) in [7, 11) is 0. The molecular formula is C4H10NO3PS2. The van der Waals surface area contributed by atoms with Crippen molar-refractivity contribution < 1.29 is 14.6 Å². The molecule has 0 fully saturated rings. The largest absolute Gasteiger partial charge is 0.415 e. The monoisotopic (exact) mass is 215 g/mol. The fourth-order valence-electron chi connectivity index (χ4n) is 0.333. The summed E-state index contributed by atoms with van der Waals surface area (Å²) < 4.78 is 0. The lowest BCUT2D eigenvalue weighted by molar-refractivity contribution is 0.224. The van der Waals surface area contributed by atoms with E-state index >= 15 is 0 Å². The standard InChI is InChI=1S/C4H10NO3PS2/c1-2-4(8-5)3-11-9(6,7)10/h2H,3,5H2,1H3,(H2,6,7,10)/b4-2+. The predicted octanol–water partition coefficient (Wildman–Crippen LogP) is 0.723. The highest BCUT2D eigenvalue weighted by Crippen LogP contribution is 2.51. The molecule has 0 unspecified atom stereocenters. The van der Waals surface area contributed by atoms with Gasteiger partial charge in [-0.15, -0.1) is 0 Å². The van der Waals surface area contributed by atoms with Crippen LogP contribution in [0.1, 0.15) is 6.92 Å². The van der Waals surface area contributed by atoms with E-state index < -0.39 is 5.69 Å². The van der Waals surface area contributed by atoms with E-state index in [-0.39, 0.29) is 5.75 Å². The molecule has 4 nitrogen and oxygen atoms in total. The third-order valence-electron chi connectivity index (χ3n) is 0.848. The first-order valence-corrected chi connectivity index (χ1v) is 7.01. The van der Waals surface area contributed by atoms with Crippen molar-refractivity contribution in [2.75, 3.05) is 5.75 Å². The third-order valence-corrected chi connectivity index (χ3v) is 3.94. The van der Waals surface area contributed by atoms with Crippen LogP contribution in [0.5, 0.6) is 0 Å². The van der Waals surface area contributed by atoms with Crippen molar-refractivity contribution >= 4 is 28.9 Å². The van der Waals surface area contributed by atoms with E-state index in [1.165, 1.54) is 0 Å². The van der Waals surface area contributed by atoms with Gasteiger partial charge >= 0.3 is 0 Å². The SMILES string of the molecule is C/C=C(\CSP(O)(O)=S)ON. The molecule has 0 rings (SSSR count). The Hall–Kier alpha value is 0.420. The molecule has 4 N–H and O–H groups in total. The highest BCUT2D eigenvalue weighted by Gasteiger charge is 2.09. The maximum atomic E-state index is 8.78. The van der Waals surface area contributed by atoms with E-state index in [4.69, 9.17) is 15.7 Å². The molecule has 0 amide bonds. The summed E-state index contributed by atoms with van der Waals surface area (Å²) in [5, 5.41) is 0. The summed E-state index contributed by atoms with van der Waals surface area (Å²) in [6.07, 6.45) is 1.64. The van der Waals surface area contributed by atoms with Crippen LogP contribution in [0.2, 0.25) is 0 Å². The topological polar surface area (TPSA) is 75.7 Å². The van der Waals surface area contributed by atoms with Crippen molar-refractivity contribution in [2.45, 2.75) is 6.92 Å². The Bertz CT molecular complexity index is 190. The van der Waals surface area contributed by atoms with E-state index in [9.17, 15) is 0 Å². The van der Waals surface area contributed by atoms with Gasteiger partial charge in [0.2, 0.25) is 5.69 Å². The van der Waals surface area contributed by atoms with E-state index in [2.05, 4.69) is 16.6 Å². The van der Waals surface area contributed by atoms with Crippen molar-refractivity contribution in [1.82, 2.24) is 0 Å². The van der Waals surface area contributed by atoms with Crippen molar-refractivity contribution in [1.29, 1.82) is 0 Å². The zero-order valence-corrected chi connectivity index (χ0v) is 8.46. The van der Waals surface area contributed by atoms with Crippen molar-refractivity contribution in [3.05, 3.63) is 11.8 Å². The minimum atomic E-state index is -3.17.